The van der Waals surface area contributed by atoms with Crippen LogP contribution in [0, 0.1) is 0 Å². The predicted molar refractivity (Wildman–Crippen MR) is 112 cm³/mol. The van der Waals surface area contributed by atoms with Crippen molar-refractivity contribution in [1.29, 1.82) is 0 Å². The van der Waals surface area contributed by atoms with Crippen LogP contribution in [-0.2, 0) is 16.0 Å². The molecule has 0 spiro atoms. The second-order valence-corrected chi connectivity index (χ2v) is 7.69. The molecule has 0 aliphatic rings. The van der Waals surface area contributed by atoms with E-state index in [4.69, 9.17) is 4.74 Å². The van der Waals surface area contributed by atoms with Gasteiger partial charge in [0.05, 0.1) is 15.2 Å². The molecular weight excluding hydrogens is 370 g/mol. The van der Waals surface area contributed by atoms with E-state index >= 15 is 0 Å². The lowest BCUT2D eigenvalue weighted by Gasteiger charge is -2.05. The van der Waals surface area contributed by atoms with E-state index in [0.29, 0.717) is 12.0 Å². The quantitative estimate of drug-likeness (QED) is 0.322. The Morgan fingerprint density at radius 1 is 0.929 bits per heavy atom. The van der Waals surface area contributed by atoms with Gasteiger partial charge in [0.15, 0.2) is 12.4 Å². The van der Waals surface area contributed by atoms with Crippen molar-refractivity contribution in [2.24, 2.45) is 0 Å². The third-order valence-electron chi connectivity index (χ3n) is 4.55. The Hall–Kier alpha value is -3.05. The summed E-state index contributed by atoms with van der Waals surface area (Å²) in [5.74, 6) is -0.541. The molecule has 4 rings (SSSR count). The van der Waals surface area contributed by atoms with Gasteiger partial charge < -0.3 is 4.74 Å². The molecule has 5 heteroatoms. The maximum absolute atomic E-state index is 12.3. The zero-order valence-corrected chi connectivity index (χ0v) is 16.1. The molecule has 0 N–H and O–H groups in total. The van der Waals surface area contributed by atoms with Crippen LogP contribution in [0.5, 0.6) is 0 Å². The van der Waals surface area contributed by atoms with Crippen molar-refractivity contribution in [2.75, 3.05) is 6.61 Å². The number of Topliss-reactive ketones (excluding diaryl/α,β-unsaturated/α-hetero) is 1. The van der Waals surface area contributed by atoms with Crippen molar-refractivity contribution in [3.63, 3.8) is 0 Å². The molecule has 0 amide bonds. The number of carbonyl (C=O) groups is 2. The van der Waals surface area contributed by atoms with Gasteiger partial charge in [0.2, 0.25) is 0 Å². The molecule has 0 bridgehead atoms. The zero-order valence-electron chi connectivity index (χ0n) is 15.3. The number of hydrogen-bond acceptors (Lipinski definition) is 5. The Labute approximate surface area is 166 Å². The molecule has 0 saturated heterocycles. The Kier molecular flexibility index (Phi) is 5.44. The molecule has 0 radical (unpaired) electrons. The smallest absolute Gasteiger partial charge is 0.306 e. The van der Waals surface area contributed by atoms with Crippen LogP contribution < -0.4 is 0 Å². The van der Waals surface area contributed by atoms with Gasteiger partial charge in [-0.25, -0.2) is 4.98 Å². The summed E-state index contributed by atoms with van der Waals surface area (Å²) in [5.41, 5.74) is 1.55. The number of ketones is 1. The predicted octanol–water partition coefficient (Wildman–Crippen LogP) is 5.20. The molecular formula is C23H19NO3S. The minimum absolute atomic E-state index is 0.190. The number of ether oxygens (including phenoxy) is 1. The first-order valence-electron chi connectivity index (χ1n) is 9.21. The fourth-order valence-corrected chi connectivity index (χ4v) is 4.08. The largest absolute Gasteiger partial charge is 0.457 e. The molecule has 1 aromatic heterocycles. The summed E-state index contributed by atoms with van der Waals surface area (Å²) >= 11 is 1.65. The van der Waals surface area contributed by atoms with Crippen LogP contribution in [0.3, 0.4) is 0 Å². The second kappa shape index (κ2) is 8.31. The molecule has 1 heterocycles. The lowest BCUT2D eigenvalue weighted by molar-refractivity contribution is -0.142. The van der Waals surface area contributed by atoms with E-state index in [0.717, 1.165) is 32.4 Å². The number of aryl methyl sites for hydroxylation is 1. The van der Waals surface area contributed by atoms with E-state index in [9.17, 15) is 9.59 Å². The first-order valence-corrected chi connectivity index (χ1v) is 10.0. The van der Waals surface area contributed by atoms with Crippen LogP contribution in [0.1, 0.15) is 28.2 Å². The van der Waals surface area contributed by atoms with Gasteiger partial charge in [-0.1, -0.05) is 48.5 Å². The van der Waals surface area contributed by atoms with E-state index in [2.05, 4.69) is 4.98 Å². The average molecular weight is 389 g/mol. The highest BCUT2D eigenvalue weighted by Gasteiger charge is 2.11. The van der Waals surface area contributed by atoms with Crippen LogP contribution in [0.25, 0.3) is 21.0 Å². The SMILES string of the molecule is O=C(CCCc1nc2ccccc2s1)OCC(=O)c1ccc2ccccc2c1. The Morgan fingerprint density at radius 2 is 1.71 bits per heavy atom. The van der Waals surface area contributed by atoms with Gasteiger partial charge in [-0.05, 0) is 41.8 Å². The summed E-state index contributed by atoms with van der Waals surface area (Å²) in [6, 6.07) is 21.3. The number of para-hydroxylation sites is 1. The van der Waals surface area contributed by atoms with Crippen molar-refractivity contribution >= 4 is 44.1 Å². The molecule has 0 aliphatic carbocycles. The van der Waals surface area contributed by atoms with E-state index in [-0.39, 0.29) is 24.8 Å². The molecule has 0 unspecified atom stereocenters. The summed E-state index contributed by atoms with van der Waals surface area (Å²) < 4.78 is 6.32. The Balaban J connectivity index is 1.25. The number of fused-ring (bicyclic) bond motifs is 2. The molecule has 3 aromatic carbocycles. The van der Waals surface area contributed by atoms with Crippen LogP contribution in [0.4, 0.5) is 0 Å². The summed E-state index contributed by atoms with van der Waals surface area (Å²) in [5, 5.41) is 3.09. The van der Waals surface area contributed by atoms with Crippen LogP contribution in [-0.4, -0.2) is 23.3 Å². The van der Waals surface area contributed by atoms with Crippen molar-refractivity contribution < 1.29 is 14.3 Å². The van der Waals surface area contributed by atoms with Gasteiger partial charge in [-0.3, -0.25) is 9.59 Å². The average Bonchev–Trinajstić information content (AvgIpc) is 3.14. The van der Waals surface area contributed by atoms with Gasteiger partial charge in [0.25, 0.3) is 0 Å². The number of aromatic nitrogens is 1. The van der Waals surface area contributed by atoms with Gasteiger partial charge in [0.1, 0.15) is 0 Å². The third kappa shape index (κ3) is 4.26. The summed E-state index contributed by atoms with van der Waals surface area (Å²) in [6.45, 7) is -0.224. The highest BCUT2D eigenvalue weighted by molar-refractivity contribution is 7.18. The monoisotopic (exact) mass is 389 g/mol. The van der Waals surface area contributed by atoms with E-state index in [1.807, 2.05) is 60.7 Å². The Morgan fingerprint density at radius 3 is 2.57 bits per heavy atom. The highest BCUT2D eigenvalue weighted by Crippen LogP contribution is 2.22. The molecule has 140 valence electrons. The summed E-state index contributed by atoms with van der Waals surface area (Å²) in [7, 11) is 0. The van der Waals surface area contributed by atoms with Crippen molar-refractivity contribution in [3.05, 3.63) is 77.3 Å². The van der Waals surface area contributed by atoms with Crippen LogP contribution in [0.15, 0.2) is 66.7 Å². The van der Waals surface area contributed by atoms with Crippen LogP contribution >= 0.6 is 11.3 Å². The number of hydrogen-bond donors (Lipinski definition) is 0. The maximum atomic E-state index is 12.3. The van der Waals surface area contributed by atoms with Crippen molar-refractivity contribution in [1.82, 2.24) is 4.98 Å². The summed E-state index contributed by atoms with van der Waals surface area (Å²) in [4.78, 5) is 28.8. The molecule has 4 nitrogen and oxygen atoms in total. The van der Waals surface area contributed by atoms with Crippen LogP contribution in [0.2, 0.25) is 0 Å². The summed E-state index contributed by atoms with van der Waals surface area (Å²) in [6.07, 6.45) is 1.66. The first-order chi connectivity index (χ1) is 13.7. The molecule has 28 heavy (non-hydrogen) atoms. The lowest BCUT2D eigenvalue weighted by Crippen LogP contribution is -2.14. The molecule has 0 fully saturated rings. The zero-order chi connectivity index (χ0) is 19.3. The van der Waals surface area contributed by atoms with Gasteiger partial charge >= 0.3 is 5.97 Å². The minimum atomic E-state index is -0.352. The van der Waals surface area contributed by atoms with E-state index < -0.39 is 0 Å². The van der Waals surface area contributed by atoms with Crippen molar-refractivity contribution in [3.8, 4) is 0 Å². The number of carbonyl (C=O) groups excluding carboxylic acids is 2. The number of rotatable bonds is 7. The van der Waals surface area contributed by atoms with E-state index in [1.165, 1.54) is 0 Å². The van der Waals surface area contributed by atoms with E-state index in [1.54, 1.807) is 17.4 Å². The van der Waals surface area contributed by atoms with Gasteiger partial charge in [0, 0.05) is 12.0 Å². The standard InChI is InChI=1S/C23H19NO3S/c25-20(18-13-12-16-6-1-2-7-17(16)14-18)15-27-23(26)11-5-10-22-24-19-8-3-4-9-21(19)28-22/h1-4,6-9,12-14H,5,10-11,15H2. The fraction of sp³-hybridized carbons (Fsp3) is 0.174. The topological polar surface area (TPSA) is 56.3 Å². The fourth-order valence-electron chi connectivity index (χ4n) is 3.08. The number of thiazole rings is 1. The highest BCUT2D eigenvalue weighted by atomic mass is 32.1. The molecule has 0 aliphatic heterocycles. The number of esters is 1. The molecule has 0 saturated carbocycles. The molecule has 4 aromatic rings. The molecule has 0 atom stereocenters. The second-order valence-electron chi connectivity index (χ2n) is 6.57. The number of benzene rings is 3. The first kappa shape index (κ1) is 18.3. The number of nitrogens with zero attached hydrogens (tertiary/aromatic N) is 1. The third-order valence-corrected chi connectivity index (χ3v) is 5.64. The van der Waals surface area contributed by atoms with Gasteiger partial charge in [-0.2, -0.15) is 0 Å². The maximum Gasteiger partial charge on any atom is 0.306 e. The lowest BCUT2D eigenvalue weighted by atomic mass is 10.0. The Bertz CT molecular complexity index is 1120. The van der Waals surface area contributed by atoms with Gasteiger partial charge in [-0.15, -0.1) is 11.3 Å². The van der Waals surface area contributed by atoms with Crippen molar-refractivity contribution in [2.45, 2.75) is 19.3 Å². The minimum Gasteiger partial charge on any atom is -0.457 e. The normalized spacial score (nSPS) is 11.0.